The van der Waals surface area contributed by atoms with Crippen LogP contribution in [-0.2, 0) is 4.79 Å². The van der Waals surface area contributed by atoms with E-state index in [0.29, 0.717) is 6.61 Å². The lowest BCUT2D eigenvalue weighted by Crippen LogP contribution is -2.35. The van der Waals surface area contributed by atoms with Crippen molar-refractivity contribution < 1.29 is 14.3 Å². The first-order chi connectivity index (χ1) is 9.61. The van der Waals surface area contributed by atoms with E-state index in [1.165, 1.54) is 0 Å². The van der Waals surface area contributed by atoms with E-state index in [4.69, 9.17) is 15.2 Å². The summed E-state index contributed by atoms with van der Waals surface area (Å²) in [6.45, 7) is 2.37. The lowest BCUT2D eigenvalue weighted by atomic mass is 9.82. The van der Waals surface area contributed by atoms with Crippen molar-refractivity contribution in [3.05, 3.63) is 35.9 Å². The molecule has 0 bridgehead atoms. The summed E-state index contributed by atoms with van der Waals surface area (Å²) in [5.41, 5.74) is 6.51. The molecule has 2 unspecified atom stereocenters. The molecule has 2 aromatic carbocycles. The third-order valence-corrected chi connectivity index (χ3v) is 4.07. The molecule has 104 valence electrons. The SMILES string of the molecule is COc1ccc2ccc3c(c2c1)C(C)C(C(N)=O)CO3. The molecule has 1 heterocycles. The van der Waals surface area contributed by atoms with Crippen LogP contribution in [-0.4, -0.2) is 19.6 Å². The summed E-state index contributed by atoms with van der Waals surface area (Å²) >= 11 is 0. The van der Waals surface area contributed by atoms with Crippen LogP contribution in [0.5, 0.6) is 11.5 Å². The summed E-state index contributed by atoms with van der Waals surface area (Å²) in [4.78, 5) is 11.6. The number of rotatable bonds is 2. The Kier molecular flexibility index (Phi) is 3.01. The Labute approximate surface area is 117 Å². The molecule has 0 saturated carbocycles. The van der Waals surface area contributed by atoms with Gasteiger partial charge >= 0.3 is 0 Å². The van der Waals surface area contributed by atoms with Gasteiger partial charge in [0.15, 0.2) is 0 Å². The molecular weight excluding hydrogens is 254 g/mol. The standard InChI is InChI=1S/C16H17NO3/c1-9-13(16(17)18)8-20-14-6-4-10-3-5-11(19-2)7-12(10)15(9)14/h3-7,9,13H,8H2,1-2H3,(H2,17,18). The zero-order valence-corrected chi connectivity index (χ0v) is 11.6. The molecule has 2 atom stereocenters. The minimum absolute atomic E-state index is 0.0343. The van der Waals surface area contributed by atoms with E-state index < -0.39 is 0 Å². The van der Waals surface area contributed by atoms with E-state index >= 15 is 0 Å². The van der Waals surface area contributed by atoms with Crippen molar-refractivity contribution >= 4 is 16.7 Å². The maximum absolute atomic E-state index is 11.6. The molecule has 1 amide bonds. The highest BCUT2D eigenvalue weighted by Crippen LogP contribution is 2.42. The van der Waals surface area contributed by atoms with Crippen molar-refractivity contribution in [2.45, 2.75) is 12.8 Å². The molecule has 4 heteroatoms. The molecule has 2 aromatic rings. The Hall–Kier alpha value is -2.23. The van der Waals surface area contributed by atoms with Crippen LogP contribution in [0.4, 0.5) is 0 Å². The Morgan fingerprint density at radius 2 is 2.10 bits per heavy atom. The average molecular weight is 271 g/mol. The third-order valence-electron chi connectivity index (χ3n) is 4.07. The molecule has 1 aliphatic rings. The van der Waals surface area contributed by atoms with E-state index in [0.717, 1.165) is 27.8 Å². The number of amides is 1. The summed E-state index contributed by atoms with van der Waals surface area (Å²) in [6.07, 6.45) is 0. The quantitative estimate of drug-likeness (QED) is 0.912. The van der Waals surface area contributed by atoms with E-state index in [2.05, 4.69) is 0 Å². The molecule has 1 aliphatic heterocycles. The largest absolute Gasteiger partial charge is 0.497 e. The second-order valence-electron chi connectivity index (χ2n) is 5.17. The van der Waals surface area contributed by atoms with Gasteiger partial charge in [0.25, 0.3) is 0 Å². The maximum atomic E-state index is 11.6. The molecule has 0 aliphatic carbocycles. The van der Waals surface area contributed by atoms with Crippen LogP contribution < -0.4 is 15.2 Å². The van der Waals surface area contributed by atoms with Crippen molar-refractivity contribution in [2.24, 2.45) is 11.7 Å². The van der Waals surface area contributed by atoms with Gasteiger partial charge in [0.1, 0.15) is 18.1 Å². The van der Waals surface area contributed by atoms with Crippen molar-refractivity contribution in [2.75, 3.05) is 13.7 Å². The first-order valence-electron chi connectivity index (χ1n) is 6.64. The molecular formula is C16H17NO3. The first kappa shape index (κ1) is 12.8. The number of hydrogen-bond donors (Lipinski definition) is 1. The Balaban J connectivity index is 2.22. The smallest absolute Gasteiger partial charge is 0.224 e. The maximum Gasteiger partial charge on any atom is 0.224 e. The number of hydrogen-bond acceptors (Lipinski definition) is 3. The molecule has 3 rings (SSSR count). The van der Waals surface area contributed by atoms with Gasteiger partial charge in [0.05, 0.1) is 13.0 Å². The second-order valence-corrected chi connectivity index (χ2v) is 5.17. The van der Waals surface area contributed by atoms with Crippen LogP contribution in [0.25, 0.3) is 10.8 Å². The van der Waals surface area contributed by atoms with Gasteiger partial charge in [-0.15, -0.1) is 0 Å². The van der Waals surface area contributed by atoms with Crippen molar-refractivity contribution in [3.63, 3.8) is 0 Å². The fourth-order valence-electron chi connectivity index (χ4n) is 2.88. The van der Waals surface area contributed by atoms with Gasteiger partial charge in [0, 0.05) is 11.5 Å². The van der Waals surface area contributed by atoms with Crippen molar-refractivity contribution in [1.82, 2.24) is 0 Å². The zero-order valence-electron chi connectivity index (χ0n) is 11.6. The van der Waals surface area contributed by atoms with Gasteiger partial charge in [0.2, 0.25) is 5.91 Å². The van der Waals surface area contributed by atoms with Crippen LogP contribution in [0.2, 0.25) is 0 Å². The van der Waals surface area contributed by atoms with Gasteiger partial charge in [-0.2, -0.15) is 0 Å². The normalized spacial score (nSPS) is 21.1. The van der Waals surface area contributed by atoms with Crippen LogP contribution >= 0.6 is 0 Å². The number of primary amides is 1. The lowest BCUT2D eigenvalue weighted by Gasteiger charge is -2.30. The molecule has 0 fully saturated rings. The van der Waals surface area contributed by atoms with Gasteiger partial charge < -0.3 is 15.2 Å². The van der Waals surface area contributed by atoms with Crippen LogP contribution in [0.15, 0.2) is 30.3 Å². The highest BCUT2D eigenvalue weighted by molar-refractivity contribution is 5.91. The Bertz CT molecular complexity index is 675. The lowest BCUT2D eigenvalue weighted by molar-refractivity contribution is -0.123. The number of carbonyl (C=O) groups is 1. The summed E-state index contributed by atoms with van der Waals surface area (Å²) in [6, 6.07) is 9.89. The number of benzene rings is 2. The second kappa shape index (κ2) is 4.71. The molecule has 0 saturated heterocycles. The highest BCUT2D eigenvalue weighted by Gasteiger charge is 2.32. The third kappa shape index (κ3) is 1.88. The van der Waals surface area contributed by atoms with Gasteiger partial charge in [-0.1, -0.05) is 19.1 Å². The topological polar surface area (TPSA) is 61.5 Å². The zero-order chi connectivity index (χ0) is 14.3. The minimum Gasteiger partial charge on any atom is -0.497 e. The number of carbonyl (C=O) groups excluding carboxylic acids is 1. The molecule has 4 nitrogen and oxygen atoms in total. The number of ether oxygens (including phenoxy) is 2. The van der Waals surface area contributed by atoms with Crippen LogP contribution in [0, 0.1) is 5.92 Å². The van der Waals surface area contributed by atoms with Crippen LogP contribution in [0.1, 0.15) is 18.4 Å². The fourth-order valence-corrected chi connectivity index (χ4v) is 2.88. The molecule has 0 aromatic heterocycles. The Morgan fingerprint density at radius 3 is 2.80 bits per heavy atom. The monoisotopic (exact) mass is 271 g/mol. The molecule has 2 N–H and O–H groups in total. The van der Waals surface area contributed by atoms with Crippen LogP contribution in [0.3, 0.4) is 0 Å². The predicted molar refractivity (Wildman–Crippen MR) is 77.1 cm³/mol. The van der Waals surface area contributed by atoms with Gasteiger partial charge in [-0.3, -0.25) is 4.79 Å². The average Bonchev–Trinajstić information content (AvgIpc) is 2.46. The summed E-state index contributed by atoms with van der Waals surface area (Å²) in [5, 5.41) is 2.16. The first-order valence-corrected chi connectivity index (χ1v) is 6.64. The Morgan fingerprint density at radius 1 is 1.35 bits per heavy atom. The van der Waals surface area contributed by atoms with Gasteiger partial charge in [-0.05, 0) is 29.0 Å². The minimum atomic E-state index is -0.317. The van der Waals surface area contributed by atoms with E-state index in [1.807, 2.05) is 37.3 Å². The molecule has 20 heavy (non-hydrogen) atoms. The summed E-state index contributed by atoms with van der Waals surface area (Å²) in [5.74, 6) is 1.05. The van der Waals surface area contributed by atoms with Crippen molar-refractivity contribution in [1.29, 1.82) is 0 Å². The summed E-state index contributed by atoms with van der Waals surface area (Å²) in [7, 11) is 1.64. The molecule has 0 spiro atoms. The van der Waals surface area contributed by atoms with E-state index in [1.54, 1.807) is 7.11 Å². The number of nitrogens with two attached hydrogens (primary N) is 1. The fraction of sp³-hybridized carbons (Fsp3) is 0.312. The number of fused-ring (bicyclic) bond motifs is 3. The van der Waals surface area contributed by atoms with E-state index in [9.17, 15) is 4.79 Å². The predicted octanol–water partition coefficient (Wildman–Crippen LogP) is 2.45. The van der Waals surface area contributed by atoms with E-state index in [-0.39, 0.29) is 17.7 Å². The van der Waals surface area contributed by atoms with Gasteiger partial charge in [-0.25, -0.2) is 0 Å². The molecule has 0 radical (unpaired) electrons. The number of methoxy groups -OCH3 is 1. The summed E-state index contributed by atoms with van der Waals surface area (Å²) < 4.78 is 11.0. The van der Waals surface area contributed by atoms with Crippen molar-refractivity contribution in [3.8, 4) is 11.5 Å². The highest BCUT2D eigenvalue weighted by atomic mass is 16.5.